The molecule has 3 aromatic carbocycles. The van der Waals surface area contributed by atoms with Crippen LogP contribution >= 0.6 is 35.3 Å². The second-order valence-corrected chi connectivity index (χ2v) is 12.1. The number of carbonyl (C=O) groups excluding carboxylic acids is 6. The molecule has 0 heterocycles. The fourth-order valence-electron chi connectivity index (χ4n) is 3.65. The lowest BCUT2D eigenvalue weighted by atomic mass is 10.1. The van der Waals surface area contributed by atoms with Gasteiger partial charge in [0.15, 0.2) is 5.75 Å². The summed E-state index contributed by atoms with van der Waals surface area (Å²) in [5.41, 5.74) is 18.0. The zero-order valence-corrected chi connectivity index (χ0v) is 26.8. The van der Waals surface area contributed by atoms with Crippen molar-refractivity contribution in [3.8, 4) is 17.2 Å². The molecular weight excluding hydrogens is 657 g/mol. The molecule has 0 aliphatic carbocycles. The van der Waals surface area contributed by atoms with Gasteiger partial charge in [0.2, 0.25) is 17.7 Å². The number of hydrogen-bond acceptors (Lipinski definition) is 11. The first-order valence-corrected chi connectivity index (χ1v) is 16.1. The summed E-state index contributed by atoms with van der Waals surface area (Å²) in [7, 11) is 0. The Kier molecular flexibility index (Phi) is 13.6. The van der Waals surface area contributed by atoms with Crippen LogP contribution in [0.25, 0.3) is 0 Å². The molecule has 0 spiro atoms. The van der Waals surface area contributed by atoms with Crippen molar-refractivity contribution in [1.82, 2.24) is 0 Å². The highest BCUT2D eigenvalue weighted by Gasteiger charge is 2.15. The third-order valence-electron chi connectivity index (χ3n) is 5.66. The smallest absolute Gasteiger partial charge is 0.276 e. The van der Waals surface area contributed by atoms with E-state index in [9.17, 15) is 28.8 Å². The number of benzene rings is 3. The van der Waals surface area contributed by atoms with Crippen molar-refractivity contribution in [2.45, 2.75) is 13.5 Å². The van der Waals surface area contributed by atoms with Crippen LogP contribution in [0.4, 0.5) is 31.4 Å². The Labute approximate surface area is 276 Å². The first kappa shape index (κ1) is 35.6. The highest BCUT2D eigenvalue weighted by atomic mass is 32.2. The van der Waals surface area contributed by atoms with Crippen LogP contribution in [0, 0.1) is 6.92 Å². The zero-order valence-electron chi connectivity index (χ0n) is 24.3. The molecule has 0 fully saturated rings. The number of para-hydroxylation sites is 2. The Hall–Kier alpha value is -4.87. The van der Waals surface area contributed by atoms with E-state index in [0.717, 1.165) is 11.1 Å². The first-order valence-electron chi connectivity index (χ1n) is 13.2. The van der Waals surface area contributed by atoms with Gasteiger partial charge in [-0.2, -0.15) is 0 Å². The molecule has 46 heavy (non-hydrogen) atoms. The summed E-state index contributed by atoms with van der Waals surface area (Å²) in [6, 6.07) is 16.5. The van der Waals surface area contributed by atoms with Crippen LogP contribution in [0.2, 0.25) is 0 Å². The minimum Gasteiger partial charge on any atom is -0.487 e. The van der Waals surface area contributed by atoms with Gasteiger partial charge in [0.05, 0.1) is 28.6 Å². The molecule has 3 aromatic rings. The van der Waals surface area contributed by atoms with Crippen LogP contribution in [0.1, 0.15) is 11.1 Å². The van der Waals surface area contributed by atoms with Crippen molar-refractivity contribution in [2.24, 2.45) is 17.2 Å². The average molecular weight is 687 g/mol. The SMILES string of the molecule is Cc1cc(NC(=O)CSC(N)=O)ccc1COc1ccc(Oc2ccccc2NC(=O)CSC(N)=O)cc1NC(=O)CSC(N)=O. The maximum absolute atomic E-state index is 12.6. The van der Waals surface area contributed by atoms with Gasteiger partial charge in [0, 0.05) is 11.8 Å². The number of thioether (sulfide) groups is 3. The van der Waals surface area contributed by atoms with Crippen molar-refractivity contribution < 1.29 is 38.2 Å². The van der Waals surface area contributed by atoms with Gasteiger partial charge < -0.3 is 42.6 Å². The van der Waals surface area contributed by atoms with Gasteiger partial charge in [-0.1, -0.05) is 53.5 Å². The maximum atomic E-state index is 12.6. The number of amides is 6. The molecular formula is C29H30N6O8S3. The van der Waals surface area contributed by atoms with E-state index in [4.69, 9.17) is 26.7 Å². The molecule has 9 N–H and O–H groups in total. The molecule has 14 nitrogen and oxygen atoms in total. The topological polar surface area (TPSA) is 235 Å². The fraction of sp³-hybridized carbons (Fsp3) is 0.172. The monoisotopic (exact) mass is 686 g/mol. The quantitative estimate of drug-likeness (QED) is 0.137. The van der Waals surface area contributed by atoms with Crippen molar-refractivity contribution in [1.29, 1.82) is 0 Å². The predicted octanol–water partition coefficient (Wildman–Crippen LogP) is 4.62. The lowest BCUT2D eigenvalue weighted by Gasteiger charge is -2.17. The molecule has 242 valence electrons. The Morgan fingerprint density at radius 2 is 1.22 bits per heavy atom. The van der Waals surface area contributed by atoms with E-state index in [0.29, 0.717) is 46.7 Å². The second kappa shape index (κ2) is 17.6. The molecule has 0 unspecified atom stereocenters. The van der Waals surface area contributed by atoms with E-state index < -0.39 is 27.5 Å². The largest absolute Gasteiger partial charge is 0.487 e. The Balaban J connectivity index is 1.78. The standard InChI is InChI=1S/C29H30N6O8S3/c1-16-10-18(33-24(36)13-44-27(30)39)7-6-17(16)12-42-22-9-8-19(11-21(22)35-26(38)15-46-29(32)41)43-23-5-3-2-4-20(23)34-25(37)14-45-28(31)40/h2-11H,12-15H2,1H3,(H2,30,39)(H2,31,40)(H2,32,41)(H,33,36)(H,34,37)(H,35,38). The highest BCUT2D eigenvalue weighted by molar-refractivity contribution is 8.14. The van der Waals surface area contributed by atoms with Crippen molar-refractivity contribution >= 4 is 85.8 Å². The number of nitrogens with one attached hydrogen (secondary N) is 3. The number of hydrogen-bond donors (Lipinski definition) is 6. The molecule has 0 saturated carbocycles. The lowest BCUT2D eigenvalue weighted by molar-refractivity contribution is -0.114. The van der Waals surface area contributed by atoms with Gasteiger partial charge in [-0.15, -0.1) is 0 Å². The fourth-order valence-corrected chi connectivity index (χ4v) is 4.69. The minimum atomic E-state index is -0.710. The molecule has 17 heteroatoms. The Morgan fingerprint density at radius 1 is 0.652 bits per heavy atom. The molecule has 6 amide bonds. The summed E-state index contributed by atoms with van der Waals surface area (Å²) in [6.07, 6.45) is 0. The third-order valence-corrected chi connectivity index (χ3v) is 7.73. The molecule has 0 bridgehead atoms. The van der Waals surface area contributed by atoms with Crippen LogP contribution in [-0.2, 0) is 21.0 Å². The van der Waals surface area contributed by atoms with Gasteiger partial charge in [-0.05, 0) is 54.4 Å². The molecule has 0 aromatic heterocycles. The van der Waals surface area contributed by atoms with Gasteiger partial charge in [-0.25, -0.2) is 0 Å². The van der Waals surface area contributed by atoms with Gasteiger partial charge in [0.25, 0.3) is 15.7 Å². The average Bonchev–Trinajstić information content (AvgIpc) is 2.99. The molecule has 0 aliphatic rings. The Bertz CT molecular complexity index is 1640. The van der Waals surface area contributed by atoms with E-state index in [-0.39, 0.29) is 52.7 Å². The zero-order chi connectivity index (χ0) is 33.6. The van der Waals surface area contributed by atoms with Crippen molar-refractivity contribution in [2.75, 3.05) is 33.2 Å². The van der Waals surface area contributed by atoms with E-state index in [2.05, 4.69) is 16.0 Å². The summed E-state index contributed by atoms with van der Waals surface area (Å²) in [5, 5.41) is 6.02. The third kappa shape index (κ3) is 12.3. The molecule has 0 saturated heterocycles. The van der Waals surface area contributed by atoms with Gasteiger partial charge >= 0.3 is 0 Å². The molecule has 3 rings (SSSR count). The minimum absolute atomic E-state index is 0.0921. The highest BCUT2D eigenvalue weighted by Crippen LogP contribution is 2.35. The summed E-state index contributed by atoms with van der Waals surface area (Å²) < 4.78 is 12.0. The normalized spacial score (nSPS) is 10.4. The number of rotatable bonds is 14. The summed E-state index contributed by atoms with van der Waals surface area (Å²) >= 11 is 2.00. The lowest BCUT2D eigenvalue weighted by Crippen LogP contribution is -2.18. The number of aryl methyl sites for hydroxylation is 1. The van der Waals surface area contributed by atoms with Crippen LogP contribution in [-0.4, -0.2) is 50.7 Å². The van der Waals surface area contributed by atoms with Crippen molar-refractivity contribution in [3.05, 3.63) is 71.8 Å². The predicted molar refractivity (Wildman–Crippen MR) is 180 cm³/mol. The Morgan fingerprint density at radius 3 is 1.80 bits per heavy atom. The van der Waals surface area contributed by atoms with Crippen LogP contribution in [0.15, 0.2) is 60.7 Å². The van der Waals surface area contributed by atoms with Crippen LogP contribution < -0.4 is 42.6 Å². The number of anilines is 3. The molecule has 0 atom stereocenters. The first-order chi connectivity index (χ1) is 21.9. The van der Waals surface area contributed by atoms with E-state index in [1.807, 2.05) is 6.92 Å². The van der Waals surface area contributed by atoms with E-state index >= 15 is 0 Å². The van der Waals surface area contributed by atoms with Gasteiger partial charge in [0.1, 0.15) is 18.1 Å². The number of nitrogens with two attached hydrogens (primary N) is 3. The van der Waals surface area contributed by atoms with E-state index in [1.165, 1.54) is 6.07 Å². The number of primary amides is 3. The summed E-state index contributed by atoms with van der Waals surface area (Å²) in [6.45, 7) is 1.92. The molecule has 0 aliphatic heterocycles. The van der Waals surface area contributed by atoms with E-state index in [1.54, 1.807) is 54.6 Å². The summed E-state index contributed by atoms with van der Waals surface area (Å²) in [4.78, 5) is 69.9. The van der Waals surface area contributed by atoms with Crippen LogP contribution in [0.5, 0.6) is 17.2 Å². The number of carbonyl (C=O) groups is 6. The number of ether oxygens (including phenoxy) is 2. The van der Waals surface area contributed by atoms with Gasteiger partial charge in [-0.3, -0.25) is 28.8 Å². The van der Waals surface area contributed by atoms with Crippen LogP contribution in [0.3, 0.4) is 0 Å². The maximum Gasteiger partial charge on any atom is 0.276 e. The summed E-state index contributed by atoms with van der Waals surface area (Å²) in [5.74, 6) is -1.03. The van der Waals surface area contributed by atoms with Crippen molar-refractivity contribution in [3.63, 3.8) is 0 Å². The second-order valence-electron chi connectivity index (χ2n) is 9.15. The molecule has 0 radical (unpaired) electrons.